The van der Waals surface area contributed by atoms with Gasteiger partial charge in [-0.05, 0) is 47.4 Å². The van der Waals surface area contributed by atoms with E-state index >= 15 is 0 Å². The van der Waals surface area contributed by atoms with E-state index < -0.39 is 18.0 Å². The van der Waals surface area contributed by atoms with Crippen LogP contribution in [0.25, 0.3) is 11.1 Å². The highest BCUT2D eigenvalue weighted by Crippen LogP contribution is 2.29. The molecular weight excluding hydrogens is 392 g/mol. The SMILES string of the molecule is O=C(O)C(CSc1ccccc1)C[C@@H](O)c1ccc(-c2ccc(Cl)cc2)cc1. The van der Waals surface area contributed by atoms with Crippen LogP contribution in [0.4, 0.5) is 0 Å². The lowest BCUT2D eigenvalue weighted by atomic mass is 9.96. The summed E-state index contributed by atoms with van der Waals surface area (Å²) in [6, 6.07) is 24.8. The molecule has 0 radical (unpaired) electrons. The van der Waals surface area contributed by atoms with Crippen LogP contribution >= 0.6 is 23.4 Å². The van der Waals surface area contributed by atoms with E-state index in [1.807, 2.05) is 78.9 Å². The second-order valence-corrected chi connectivity index (χ2v) is 8.07. The summed E-state index contributed by atoms with van der Waals surface area (Å²) >= 11 is 7.41. The third-order valence-corrected chi connectivity index (χ3v) is 5.95. The highest BCUT2D eigenvalue weighted by molar-refractivity contribution is 7.99. The molecule has 0 saturated heterocycles. The zero-order valence-electron chi connectivity index (χ0n) is 15.2. The van der Waals surface area contributed by atoms with Gasteiger partial charge in [0, 0.05) is 15.7 Å². The summed E-state index contributed by atoms with van der Waals surface area (Å²) in [5, 5.41) is 20.8. The minimum absolute atomic E-state index is 0.176. The highest BCUT2D eigenvalue weighted by Gasteiger charge is 2.22. The number of hydrogen-bond donors (Lipinski definition) is 2. The van der Waals surface area contributed by atoms with Crippen molar-refractivity contribution in [2.45, 2.75) is 17.4 Å². The summed E-state index contributed by atoms with van der Waals surface area (Å²) < 4.78 is 0. The molecular formula is C23H21ClO3S. The molecule has 0 aromatic heterocycles. The number of thioether (sulfide) groups is 1. The van der Waals surface area contributed by atoms with E-state index in [1.54, 1.807) is 0 Å². The van der Waals surface area contributed by atoms with Crippen LogP contribution in [0.2, 0.25) is 5.02 Å². The van der Waals surface area contributed by atoms with Gasteiger partial charge >= 0.3 is 5.97 Å². The summed E-state index contributed by atoms with van der Waals surface area (Å²) in [5.41, 5.74) is 2.77. The molecule has 0 bridgehead atoms. The van der Waals surface area contributed by atoms with Crippen LogP contribution in [0.5, 0.6) is 0 Å². The van der Waals surface area contributed by atoms with Crippen LogP contribution < -0.4 is 0 Å². The number of aliphatic hydroxyl groups excluding tert-OH is 1. The fourth-order valence-electron chi connectivity index (χ4n) is 2.90. The van der Waals surface area contributed by atoms with Crippen molar-refractivity contribution < 1.29 is 15.0 Å². The fourth-order valence-corrected chi connectivity index (χ4v) is 4.05. The lowest BCUT2D eigenvalue weighted by Gasteiger charge is -2.17. The van der Waals surface area contributed by atoms with E-state index in [4.69, 9.17) is 11.6 Å². The Morgan fingerprint density at radius 2 is 1.46 bits per heavy atom. The average Bonchev–Trinajstić information content (AvgIpc) is 2.72. The van der Waals surface area contributed by atoms with E-state index in [9.17, 15) is 15.0 Å². The van der Waals surface area contributed by atoms with Crippen molar-refractivity contribution in [1.29, 1.82) is 0 Å². The van der Waals surface area contributed by atoms with Gasteiger partial charge in [0.25, 0.3) is 0 Å². The first-order chi connectivity index (χ1) is 13.5. The van der Waals surface area contributed by atoms with Gasteiger partial charge < -0.3 is 10.2 Å². The van der Waals surface area contributed by atoms with Crippen LogP contribution in [-0.2, 0) is 4.79 Å². The molecule has 3 rings (SSSR count). The number of carboxylic acids is 1. The molecule has 0 aliphatic heterocycles. The minimum Gasteiger partial charge on any atom is -0.481 e. The minimum atomic E-state index is -0.889. The number of halogens is 1. The molecule has 2 atom stereocenters. The molecule has 3 nitrogen and oxygen atoms in total. The van der Waals surface area contributed by atoms with Gasteiger partial charge in [0.15, 0.2) is 0 Å². The molecule has 5 heteroatoms. The Hall–Kier alpha value is -2.27. The molecule has 2 N–H and O–H groups in total. The number of rotatable bonds is 8. The van der Waals surface area contributed by atoms with Crippen molar-refractivity contribution in [2.75, 3.05) is 5.75 Å². The van der Waals surface area contributed by atoms with Gasteiger partial charge in [-0.2, -0.15) is 0 Å². The van der Waals surface area contributed by atoms with Crippen molar-refractivity contribution >= 4 is 29.3 Å². The molecule has 0 fully saturated rings. The van der Waals surface area contributed by atoms with Crippen LogP contribution in [0.1, 0.15) is 18.1 Å². The lowest BCUT2D eigenvalue weighted by Crippen LogP contribution is -2.19. The van der Waals surface area contributed by atoms with Crippen LogP contribution in [-0.4, -0.2) is 21.9 Å². The van der Waals surface area contributed by atoms with Crippen LogP contribution in [0.15, 0.2) is 83.8 Å². The standard InChI is InChI=1S/C23H21ClO3S/c24-20-12-10-17(11-13-20)16-6-8-18(9-7-16)22(25)14-19(23(26)27)15-28-21-4-2-1-3-5-21/h1-13,19,22,25H,14-15H2,(H,26,27)/t19?,22-/m1/s1. The Labute approximate surface area is 174 Å². The van der Waals surface area contributed by atoms with Gasteiger partial charge in [-0.25, -0.2) is 0 Å². The predicted molar refractivity (Wildman–Crippen MR) is 115 cm³/mol. The second kappa shape index (κ2) is 9.78. The largest absolute Gasteiger partial charge is 0.481 e. The Kier molecular flexibility index (Phi) is 7.15. The lowest BCUT2D eigenvalue weighted by molar-refractivity contribution is -0.142. The van der Waals surface area contributed by atoms with E-state index in [-0.39, 0.29) is 6.42 Å². The normalized spacial score (nSPS) is 13.1. The third-order valence-electron chi connectivity index (χ3n) is 4.52. The molecule has 0 aliphatic rings. The van der Waals surface area contributed by atoms with Gasteiger partial charge in [-0.3, -0.25) is 4.79 Å². The van der Waals surface area contributed by atoms with Gasteiger partial charge in [0.2, 0.25) is 0 Å². The number of carbonyl (C=O) groups is 1. The van der Waals surface area contributed by atoms with Crippen molar-refractivity contribution in [3.8, 4) is 11.1 Å². The number of carboxylic acid groups (broad SMARTS) is 1. The van der Waals surface area contributed by atoms with Crippen LogP contribution in [0.3, 0.4) is 0 Å². The molecule has 0 heterocycles. The monoisotopic (exact) mass is 412 g/mol. The Bertz CT molecular complexity index is 895. The first-order valence-electron chi connectivity index (χ1n) is 8.97. The molecule has 0 amide bonds. The van der Waals surface area contributed by atoms with Gasteiger partial charge in [-0.15, -0.1) is 11.8 Å². The number of benzene rings is 3. The van der Waals surface area contributed by atoms with Gasteiger partial charge in [0.1, 0.15) is 0 Å². The predicted octanol–water partition coefficient (Wildman–Crippen LogP) is 5.92. The molecule has 0 saturated carbocycles. The Balaban J connectivity index is 1.63. The maximum Gasteiger partial charge on any atom is 0.307 e. The molecule has 0 aliphatic carbocycles. The molecule has 144 valence electrons. The number of hydrogen-bond acceptors (Lipinski definition) is 3. The smallest absolute Gasteiger partial charge is 0.307 e. The molecule has 1 unspecified atom stereocenters. The van der Waals surface area contributed by atoms with Crippen molar-refractivity contribution in [2.24, 2.45) is 5.92 Å². The quantitative estimate of drug-likeness (QED) is 0.450. The van der Waals surface area contributed by atoms with Gasteiger partial charge in [-0.1, -0.05) is 66.2 Å². The van der Waals surface area contributed by atoms with Crippen LogP contribution in [0, 0.1) is 5.92 Å². The first-order valence-corrected chi connectivity index (χ1v) is 10.3. The highest BCUT2D eigenvalue weighted by atomic mass is 35.5. The molecule has 3 aromatic rings. The Morgan fingerprint density at radius 3 is 2.04 bits per heavy atom. The molecule has 3 aromatic carbocycles. The molecule has 0 spiro atoms. The van der Waals surface area contributed by atoms with E-state index in [0.717, 1.165) is 16.0 Å². The summed E-state index contributed by atoms with van der Waals surface area (Å²) in [7, 11) is 0. The summed E-state index contributed by atoms with van der Waals surface area (Å²) in [6.07, 6.45) is -0.646. The van der Waals surface area contributed by atoms with Gasteiger partial charge in [0.05, 0.1) is 12.0 Å². The topological polar surface area (TPSA) is 57.5 Å². The van der Waals surface area contributed by atoms with Crippen molar-refractivity contribution in [3.63, 3.8) is 0 Å². The summed E-state index contributed by atoms with van der Waals surface area (Å²) in [4.78, 5) is 12.6. The first kappa shape index (κ1) is 20.5. The Morgan fingerprint density at radius 1 is 0.893 bits per heavy atom. The fraction of sp³-hybridized carbons (Fsp3) is 0.174. The van der Waals surface area contributed by atoms with E-state index in [1.165, 1.54) is 11.8 Å². The van der Waals surface area contributed by atoms with Crippen molar-refractivity contribution in [3.05, 3.63) is 89.4 Å². The number of aliphatic carboxylic acids is 1. The summed E-state index contributed by atoms with van der Waals surface area (Å²) in [6.45, 7) is 0. The average molecular weight is 413 g/mol. The van der Waals surface area contributed by atoms with Crippen molar-refractivity contribution in [1.82, 2.24) is 0 Å². The zero-order valence-corrected chi connectivity index (χ0v) is 16.7. The van der Waals surface area contributed by atoms with E-state index in [2.05, 4.69) is 0 Å². The molecule has 28 heavy (non-hydrogen) atoms. The third kappa shape index (κ3) is 5.61. The zero-order chi connectivity index (χ0) is 19.9. The summed E-state index contributed by atoms with van der Waals surface area (Å²) in [5.74, 6) is -1.10. The van der Waals surface area contributed by atoms with E-state index in [0.29, 0.717) is 16.3 Å². The maximum atomic E-state index is 11.6. The number of aliphatic hydroxyl groups is 1. The second-order valence-electron chi connectivity index (χ2n) is 6.54. The maximum absolute atomic E-state index is 11.6.